The number of halogens is 1. The number of hydrogen-bond donors (Lipinski definition) is 1. The van der Waals surface area contributed by atoms with Gasteiger partial charge in [-0.3, -0.25) is 9.59 Å². The number of nitrogens with zero attached hydrogens (tertiary/aromatic N) is 1. The molecule has 2 aromatic heterocycles. The van der Waals surface area contributed by atoms with Crippen LogP contribution in [-0.4, -0.2) is 23.7 Å². The average molecular weight is 485 g/mol. The van der Waals surface area contributed by atoms with E-state index < -0.39 is 0 Å². The molecule has 35 heavy (non-hydrogen) atoms. The summed E-state index contributed by atoms with van der Waals surface area (Å²) >= 11 is 1.54. The Bertz CT molecular complexity index is 1520. The van der Waals surface area contributed by atoms with Crippen molar-refractivity contribution < 1.29 is 18.4 Å². The third-order valence-electron chi connectivity index (χ3n) is 5.82. The van der Waals surface area contributed by atoms with Gasteiger partial charge in [0.1, 0.15) is 17.2 Å². The summed E-state index contributed by atoms with van der Waals surface area (Å²) in [5, 5.41) is 6.16. The van der Waals surface area contributed by atoms with Gasteiger partial charge < -0.3 is 9.73 Å². The Morgan fingerprint density at radius 2 is 1.77 bits per heavy atom. The molecule has 174 valence electrons. The molecule has 0 bridgehead atoms. The minimum atomic E-state index is -0.366. The van der Waals surface area contributed by atoms with E-state index in [2.05, 4.69) is 10.3 Å². The van der Waals surface area contributed by atoms with Crippen LogP contribution in [-0.2, 0) is 6.42 Å². The molecule has 5 nitrogen and oxygen atoms in total. The summed E-state index contributed by atoms with van der Waals surface area (Å²) in [4.78, 5) is 29.8. The van der Waals surface area contributed by atoms with Crippen LogP contribution in [0.15, 0.2) is 82.7 Å². The summed E-state index contributed by atoms with van der Waals surface area (Å²) in [6.45, 7) is 0. The van der Waals surface area contributed by atoms with Crippen LogP contribution in [0.3, 0.4) is 0 Å². The zero-order chi connectivity index (χ0) is 24.4. The molecular weight excluding hydrogens is 463 g/mol. The quantitative estimate of drug-likeness (QED) is 0.266. The number of carbonyl (C=O) groups excluding carboxylic acids is 2. The normalized spacial score (nSPS) is 11.0. The molecule has 7 heteroatoms. The van der Waals surface area contributed by atoms with Gasteiger partial charge in [-0.1, -0.05) is 24.3 Å². The number of carbonyl (C=O) groups is 2. The Hall–Kier alpha value is -4.10. The number of fused-ring (bicyclic) bond motifs is 1. The van der Waals surface area contributed by atoms with Crippen molar-refractivity contribution in [2.75, 3.05) is 7.05 Å². The number of Topliss-reactive ketones (excluding diaryl/α,β-unsaturated/α-hetero) is 1. The third kappa shape index (κ3) is 4.63. The molecule has 1 N–H and O–H groups in total. The standard InChI is InChI=1S/C28H21FN2O3S/c1-30-28(33)26-22-16-19(7-11-24(22)34-27(26)17-5-8-21(29)9-6-17)18-3-2-4-20(15-18)23(32)10-12-25-31-13-14-35-25/h2-9,11,13-16H,10,12H2,1H3,(H,30,33). The number of ketones is 1. The molecule has 2 heterocycles. The van der Waals surface area contributed by atoms with Crippen LogP contribution >= 0.6 is 11.3 Å². The summed E-state index contributed by atoms with van der Waals surface area (Å²) in [5.74, 6) is -0.236. The highest BCUT2D eigenvalue weighted by molar-refractivity contribution is 7.09. The molecule has 5 aromatic rings. The average Bonchev–Trinajstić information content (AvgIpc) is 3.55. The Kier molecular flexibility index (Phi) is 6.25. The molecule has 0 atom stereocenters. The number of hydrogen-bond acceptors (Lipinski definition) is 5. The molecule has 0 spiro atoms. The molecular formula is C28H21FN2O3S. The second-order valence-corrected chi connectivity index (χ2v) is 9.01. The monoisotopic (exact) mass is 484 g/mol. The molecule has 0 radical (unpaired) electrons. The molecule has 0 aliphatic heterocycles. The van der Waals surface area contributed by atoms with Gasteiger partial charge >= 0.3 is 0 Å². The fourth-order valence-electron chi connectivity index (χ4n) is 4.05. The van der Waals surface area contributed by atoms with Crippen molar-refractivity contribution in [3.8, 4) is 22.5 Å². The summed E-state index contributed by atoms with van der Waals surface area (Å²) in [6.07, 6.45) is 2.74. The van der Waals surface area contributed by atoms with Gasteiger partial charge in [0.05, 0.1) is 10.6 Å². The highest BCUT2D eigenvalue weighted by Crippen LogP contribution is 2.36. The lowest BCUT2D eigenvalue weighted by atomic mass is 9.97. The number of thiazole rings is 1. The van der Waals surface area contributed by atoms with Crippen molar-refractivity contribution in [3.63, 3.8) is 0 Å². The molecule has 0 saturated heterocycles. The maximum absolute atomic E-state index is 13.4. The predicted molar refractivity (Wildman–Crippen MR) is 135 cm³/mol. The van der Waals surface area contributed by atoms with Crippen LogP contribution in [0.5, 0.6) is 0 Å². The van der Waals surface area contributed by atoms with Crippen molar-refractivity contribution in [2.24, 2.45) is 0 Å². The van der Waals surface area contributed by atoms with Crippen LogP contribution in [0.4, 0.5) is 4.39 Å². The molecule has 5 rings (SSSR count). The maximum Gasteiger partial charge on any atom is 0.255 e. The van der Waals surface area contributed by atoms with E-state index >= 15 is 0 Å². The minimum absolute atomic E-state index is 0.0519. The summed E-state index contributed by atoms with van der Waals surface area (Å²) in [5.41, 5.74) is 3.87. The third-order valence-corrected chi connectivity index (χ3v) is 6.66. The van der Waals surface area contributed by atoms with Gasteiger partial charge in [-0.25, -0.2) is 9.37 Å². The predicted octanol–water partition coefficient (Wildman–Crippen LogP) is 6.54. The first-order chi connectivity index (χ1) is 17.0. The van der Waals surface area contributed by atoms with E-state index in [4.69, 9.17) is 4.42 Å². The van der Waals surface area contributed by atoms with E-state index in [0.717, 1.165) is 16.1 Å². The molecule has 3 aromatic carbocycles. The highest BCUT2D eigenvalue weighted by atomic mass is 32.1. The van der Waals surface area contributed by atoms with Gasteiger partial charge in [0.2, 0.25) is 0 Å². The lowest BCUT2D eigenvalue weighted by Crippen LogP contribution is -2.18. The summed E-state index contributed by atoms with van der Waals surface area (Å²) in [6, 6.07) is 18.9. The fraction of sp³-hybridized carbons (Fsp3) is 0.107. The molecule has 0 aliphatic rings. The van der Waals surface area contributed by atoms with E-state index in [1.807, 2.05) is 41.8 Å². The number of nitrogens with one attached hydrogen (secondary N) is 1. The van der Waals surface area contributed by atoms with Crippen molar-refractivity contribution in [1.29, 1.82) is 0 Å². The molecule has 0 saturated carbocycles. The van der Waals surface area contributed by atoms with E-state index in [9.17, 15) is 14.0 Å². The number of rotatable bonds is 7. The van der Waals surface area contributed by atoms with Crippen LogP contribution in [0, 0.1) is 5.82 Å². The Balaban J connectivity index is 1.52. The maximum atomic E-state index is 13.4. The van der Waals surface area contributed by atoms with E-state index in [1.54, 1.807) is 42.8 Å². The van der Waals surface area contributed by atoms with Crippen LogP contribution < -0.4 is 5.32 Å². The lowest BCUT2D eigenvalue weighted by molar-refractivity contribution is 0.0961. The summed E-state index contributed by atoms with van der Waals surface area (Å²) < 4.78 is 19.5. The highest BCUT2D eigenvalue weighted by Gasteiger charge is 2.22. The first kappa shape index (κ1) is 22.7. The van der Waals surface area contributed by atoms with Gasteiger partial charge in [-0.05, 0) is 53.6 Å². The van der Waals surface area contributed by atoms with Crippen molar-refractivity contribution in [2.45, 2.75) is 12.8 Å². The summed E-state index contributed by atoms with van der Waals surface area (Å²) in [7, 11) is 1.56. The molecule has 0 fully saturated rings. The van der Waals surface area contributed by atoms with E-state index in [1.165, 1.54) is 12.1 Å². The van der Waals surface area contributed by atoms with Gasteiger partial charge in [0, 0.05) is 48.0 Å². The lowest BCUT2D eigenvalue weighted by Gasteiger charge is -2.06. The first-order valence-electron chi connectivity index (χ1n) is 11.1. The second-order valence-electron chi connectivity index (χ2n) is 8.03. The molecule has 0 aliphatic carbocycles. The Morgan fingerprint density at radius 3 is 2.51 bits per heavy atom. The van der Waals surface area contributed by atoms with Gasteiger partial charge in [-0.2, -0.15) is 0 Å². The van der Waals surface area contributed by atoms with Gasteiger partial charge in [0.25, 0.3) is 5.91 Å². The number of amides is 1. The Morgan fingerprint density at radius 1 is 1.00 bits per heavy atom. The number of benzene rings is 3. The zero-order valence-electron chi connectivity index (χ0n) is 18.9. The largest absolute Gasteiger partial charge is 0.455 e. The second kappa shape index (κ2) is 9.64. The molecule has 1 amide bonds. The van der Waals surface area contributed by atoms with Crippen molar-refractivity contribution in [1.82, 2.24) is 10.3 Å². The topological polar surface area (TPSA) is 72.2 Å². The first-order valence-corrected chi connectivity index (χ1v) is 12.0. The number of aryl methyl sites for hydroxylation is 1. The number of furan rings is 1. The van der Waals surface area contributed by atoms with Crippen LogP contribution in [0.25, 0.3) is 33.4 Å². The number of aromatic nitrogens is 1. The van der Waals surface area contributed by atoms with E-state index in [-0.39, 0.29) is 17.5 Å². The van der Waals surface area contributed by atoms with E-state index in [0.29, 0.717) is 46.3 Å². The minimum Gasteiger partial charge on any atom is -0.455 e. The fourth-order valence-corrected chi connectivity index (χ4v) is 4.67. The van der Waals surface area contributed by atoms with Crippen molar-refractivity contribution >= 4 is 34.0 Å². The SMILES string of the molecule is CNC(=O)c1c(-c2ccc(F)cc2)oc2ccc(-c3cccc(C(=O)CCc4nccs4)c3)cc12. The van der Waals surface area contributed by atoms with Crippen LogP contribution in [0.2, 0.25) is 0 Å². The van der Waals surface area contributed by atoms with Gasteiger partial charge in [-0.15, -0.1) is 11.3 Å². The van der Waals surface area contributed by atoms with Crippen LogP contribution in [0.1, 0.15) is 32.1 Å². The smallest absolute Gasteiger partial charge is 0.255 e. The van der Waals surface area contributed by atoms with Gasteiger partial charge in [0.15, 0.2) is 5.78 Å². The Labute approximate surface area is 205 Å². The van der Waals surface area contributed by atoms with Crippen molar-refractivity contribution in [3.05, 3.63) is 100 Å². The molecule has 0 unspecified atom stereocenters. The zero-order valence-corrected chi connectivity index (χ0v) is 19.7.